The molecule has 1 N–H and O–H groups in total. The molecule has 0 radical (unpaired) electrons. The van der Waals surface area contributed by atoms with E-state index in [4.69, 9.17) is 1.37 Å². The summed E-state index contributed by atoms with van der Waals surface area (Å²) >= 11 is 0. The summed E-state index contributed by atoms with van der Waals surface area (Å²) in [5.74, 6) is 0. The van der Waals surface area contributed by atoms with Crippen LogP contribution in [0.15, 0.2) is 42.4 Å². The second-order valence-corrected chi connectivity index (χ2v) is 6.44. The Labute approximate surface area is 160 Å². The van der Waals surface area contributed by atoms with Crippen LogP contribution in [0.1, 0.15) is 34.5 Å². The molecule has 0 aromatic carbocycles. The molecule has 0 amide bonds. The maximum atomic E-state index is 11.8. The van der Waals surface area contributed by atoms with Crippen LogP contribution in [0.5, 0.6) is 0 Å². The molecule has 2 aliphatic rings. The van der Waals surface area contributed by atoms with Crippen LogP contribution >= 0.6 is 0 Å². The number of carbonyl (C=O) groups excluding carboxylic acids is 2. The Morgan fingerprint density at radius 1 is 0.857 bits per heavy atom. The third-order valence-electron chi connectivity index (χ3n) is 4.55. The van der Waals surface area contributed by atoms with Gasteiger partial charge in [0.05, 0.1) is 35.2 Å². The molecular formula is C22H14N4O2. The largest absolute Gasteiger partial charge is 0.355 e. The van der Waals surface area contributed by atoms with Crippen LogP contribution in [0, 0.1) is 0 Å². The molecule has 0 saturated heterocycles. The molecule has 0 unspecified atom stereocenters. The highest BCUT2D eigenvalue weighted by Gasteiger charge is 2.09. The third kappa shape index (κ3) is 2.77. The lowest BCUT2D eigenvalue weighted by molar-refractivity contribution is 0.112. The predicted octanol–water partition coefficient (Wildman–Crippen LogP) is 3.98. The number of aldehydes is 1. The standard InChI is InChI=1S/C22H14N4O2/c27-12-14-7-21-10-19-5-3-17(24-19)8-15-1-2-16(23-15)9-18-4-6-20(25-18)11-22(14)26(21)13-28/h1-13,23H/i7D. The molecule has 5 rings (SSSR count). The van der Waals surface area contributed by atoms with Gasteiger partial charge in [-0.25, -0.2) is 9.97 Å². The van der Waals surface area contributed by atoms with Crippen molar-refractivity contribution in [1.29, 1.82) is 0 Å². The first-order valence-electron chi connectivity index (χ1n) is 9.15. The van der Waals surface area contributed by atoms with Gasteiger partial charge in [-0.2, -0.15) is 0 Å². The van der Waals surface area contributed by atoms with Crippen molar-refractivity contribution < 1.29 is 11.0 Å². The van der Waals surface area contributed by atoms with Gasteiger partial charge in [0.25, 0.3) is 0 Å². The van der Waals surface area contributed by atoms with Crippen molar-refractivity contribution in [2.45, 2.75) is 0 Å². The van der Waals surface area contributed by atoms with Gasteiger partial charge in [0.1, 0.15) is 0 Å². The minimum absolute atomic E-state index is 0.0249. The maximum absolute atomic E-state index is 11.8. The highest BCUT2D eigenvalue weighted by Crippen LogP contribution is 2.20. The first kappa shape index (κ1) is 15.0. The van der Waals surface area contributed by atoms with E-state index >= 15 is 0 Å². The van der Waals surface area contributed by atoms with Crippen LogP contribution in [0.4, 0.5) is 0 Å². The van der Waals surface area contributed by atoms with E-state index in [1.54, 1.807) is 24.3 Å². The number of aromatic amines is 1. The lowest BCUT2D eigenvalue weighted by Gasteiger charge is -1.95. The molecule has 6 heteroatoms. The van der Waals surface area contributed by atoms with Crippen molar-refractivity contribution in [3.05, 3.63) is 70.8 Å². The first-order valence-corrected chi connectivity index (χ1v) is 8.65. The lowest BCUT2D eigenvalue weighted by Crippen LogP contribution is -1.94. The Bertz CT molecular complexity index is 1410. The average Bonchev–Trinajstić information content (AvgIpc) is 3.47. The predicted molar refractivity (Wildman–Crippen MR) is 110 cm³/mol. The van der Waals surface area contributed by atoms with E-state index in [0.29, 0.717) is 35.1 Å². The van der Waals surface area contributed by atoms with E-state index in [2.05, 4.69) is 15.0 Å². The zero-order valence-corrected chi connectivity index (χ0v) is 14.6. The molecule has 0 fully saturated rings. The SMILES string of the molecule is [2H]c1c(C=O)c2cc3nc(cc4ccc(cc5nc(cc1n2C=O)C=C5)[nH]4)C=C3. The second kappa shape index (κ2) is 6.28. The van der Waals surface area contributed by atoms with E-state index < -0.39 is 0 Å². The van der Waals surface area contributed by atoms with Crippen LogP contribution < -0.4 is 0 Å². The third-order valence-corrected chi connectivity index (χ3v) is 4.55. The number of hydrogen-bond acceptors (Lipinski definition) is 4. The van der Waals surface area contributed by atoms with Gasteiger partial charge in [-0.3, -0.25) is 14.2 Å². The summed E-state index contributed by atoms with van der Waals surface area (Å²) in [6.45, 7) is 0. The number of carbonyl (C=O) groups is 2. The van der Waals surface area contributed by atoms with E-state index in [9.17, 15) is 9.59 Å². The van der Waals surface area contributed by atoms with Gasteiger partial charge in [0.2, 0.25) is 6.41 Å². The van der Waals surface area contributed by atoms with Crippen molar-refractivity contribution in [2.75, 3.05) is 0 Å². The molecule has 0 atom stereocenters. The zero-order valence-electron chi connectivity index (χ0n) is 15.6. The summed E-state index contributed by atoms with van der Waals surface area (Å²) in [5, 5.41) is 0. The quantitative estimate of drug-likeness (QED) is 0.479. The molecular weight excluding hydrogens is 352 g/mol. The maximum Gasteiger partial charge on any atom is 0.218 e. The van der Waals surface area contributed by atoms with Crippen LogP contribution in [-0.2, 0) is 4.79 Å². The molecule has 0 aliphatic carbocycles. The van der Waals surface area contributed by atoms with Gasteiger partial charge in [0.15, 0.2) is 6.29 Å². The van der Waals surface area contributed by atoms with Gasteiger partial charge in [-0.15, -0.1) is 0 Å². The number of hydrogen-bond donors (Lipinski definition) is 1. The second-order valence-electron chi connectivity index (χ2n) is 6.44. The summed E-state index contributed by atoms with van der Waals surface area (Å²) in [7, 11) is 0. The van der Waals surface area contributed by atoms with Crippen molar-refractivity contribution in [1.82, 2.24) is 19.5 Å². The van der Waals surface area contributed by atoms with Crippen LogP contribution in [0.3, 0.4) is 0 Å². The summed E-state index contributed by atoms with van der Waals surface area (Å²) in [6.07, 6.45) is 8.49. The molecule has 134 valence electrons. The zero-order chi connectivity index (χ0) is 20.0. The van der Waals surface area contributed by atoms with Crippen molar-refractivity contribution >= 4 is 59.1 Å². The Morgan fingerprint density at radius 2 is 1.43 bits per heavy atom. The highest BCUT2D eigenvalue weighted by atomic mass is 16.1. The fraction of sp³-hybridized carbons (Fsp3) is 0. The Hall–Kier alpha value is -4.06. The normalized spacial score (nSPS) is 12.8. The minimum Gasteiger partial charge on any atom is -0.355 e. The van der Waals surface area contributed by atoms with Crippen molar-refractivity contribution in [2.24, 2.45) is 0 Å². The highest BCUT2D eigenvalue weighted by molar-refractivity contribution is 5.95. The Kier molecular flexibility index (Phi) is 3.37. The van der Waals surface area contributed by atoms with Crippen LogP contribution in [-0.4, -0.2) is 32.2 Å². The first-order chi connectivity index (χ1) is 14.1. The number of nitrogens with one attached hydrogen (secondary N) is 1. The summed E-state index contributed by atoms with van der Waals surface area (Å²) in [4.78, 5) is 35.9. The molecule has 3 aromatic rings. The molecule has 0 saturated carbocycles. The summed E-state index contributed by atoms with van der Waals surface area (Å²) in [6, 6.07) is 11.0. The van der Waals surface area contributed by atoms with E-state index in [1.165, 1.54) is 4.57 Å². The molecule has 28 heavy (non-hydrogen) atoms. The average molecular weight is 367 g/mol. The number of aromatic nitrogens is 4. The summed E-state index contributed by atoms with van der Waals surface area (Å²) < 4.78 is 9.66. The van der Waals surface area contributed by atoms with Gasteiger partial charge in [-0.1, -0.05) is 0 Å². The van der Waals surface area contributed by atoms with Crippen molar-refractivity contribution in [3.63, 3.8) is 0 Å². The molecule has 6 nitrogen and oxygen atoms in total. The van der Waals surface area contributed by atoms with E-state index in [-0.39, 0.29) is 11.6 Å². The van der Waals surface area contributed by atoms with Gasteiger partial charge in [0, 0.05) is 16.6 Å². The molecule has 3 aromatic heterocycles. The summed E-state index contributed by atoms with van der Waals surface area (Å²) in [5.41, 5.74) is 5.20. The number of H-pyrrole nitrogens is 1. The fourth-order valence-corrected chi connectivity index (χ4v) is 3.29. The molecule has 8 bridgehead atoms. The van der Waals surface area contributed by atoms with Crippen molar-refractivity contribution in [3.8, 4) is 0 Å². The smallest absolute Gasteiger partial charge is 0.218 e. The minimum atomic E-state index is -0.0249. The monoisotopic (exact) mass is 367 g/mol. The number of fused-ring (bicyclic) bond motifs is 8. The Balaban J connectivity index is 1.97. The molecule has 5 heterocycles. The van der Waals surface area contributed by atoms with Crippen LogP contribution in [0.2, 0.25) is 0 Å². The van der Waals surface area contributed by atoms with Gasteiger partial charge in [-0.05, 0) is 66.7 Å². The van der Waals surface area contributed by atoms with Crippen LogP contribution in [0.25, 0.3) is 46.4 Å². The lowest BCUT2D eigenvalue weighted by atomic mass is 10.2. The van der Waals surface area contributed by atoms with Gasteiger partial charge >= 0.3 is 0 Å². The van der Waals surface area contributed by atoms with Gasteiger partial charge < -0.3 is 4.98 Å². The number of nitrogens with zero attached hydrogens (tertiary/aromatic N) is 3. The van der Waals surface area contributed by atoms with E-state index in [0.717, 1.165) is 22.4 Å². The molecule has 0 spiro atoms. The number of rotatable bonds is 2. The fourth-order valence-electron chi connectivity index (χ4n) is 3.29. The van der Waals surface area contributed by atoms with E-state index in [1.807, 2.05) is 36.4 Å². The Morgan fingerprint density at radius 3 is 2.00 bits per heavy atom. The topological polar surface area (TPSA) is 80.6 Å². The molecule has 2 aliphatic heterocycles.